The van der Waals surface area contributed by atoms with Crippen LogP contribution in [0.3, 0.4) is 0 Å². The Hall–Kier alpha value is -2.56. The Labute approximate surface area is 173 Å². The van der Waals surface area contributed by atoms with Gasteiger partial charge in [-0.25, -0.2) is 18.1 Å². The van der Waals surface area contributed by atoms with Crippen LogP contribution in [0.15, 0.2) is 53.3 Å². The van der Waals surface area contributed by atoms with Gasteiger partial charge >= 0.3 is 0 Å². The highest BCUT2D eigenvalue weighted by Gasteiger charge is 2.34. The van der Waals surface area contributed by atoms with Gasteiger partial charge in [-0.1, -0.05) is 0 Å². The van der Waals surface area contributed by atoms with E-state index in [-0.39, 0.29) is 18.4 Å². The SMILES string of the molecule is Cc1ccc(S(=O)(=O)N2CCCC(C(=O)Nc3ccc(-n4cncn4)cc3)C2)s1. The third-order valence-electron chi connectivity index (χ3n) is 4.88. The molecule has 152 valence electrons. The zero-order chi connectivity index (χ0) is 20.4. The van der Waals surface area contributed by atoms with Gasteiger partial charge in [0.15, 0.2) is 0 Å². The van der Waals surface area contributed by atoms with E-state index in [1.807, 2.05) is 19.1 Å². The second-order valence-corrected chi connectivity index (χ2v) is 10.4. The zero-order valence-corrected chi connectivity index (χ0v) is 17.5. The van der Waals surface area contributed by atoms with E-state index in [0.29, 0.717) is 29.3 Å². The fourth-order valence-corrected chi connectivity index (χ4v) is 6.30. The summed E-state index contributed by atoms with van der Waals surface area (Å²) < 4.78 is 29.1. The quantitative estimate of drug-likeness (QED) is 0.670. The molecule has 1 aliphatic heterocycles. The van der Waals surface area contributed by atoms with Crippen molar-refractivity contribution in [1.82, 2.24) is 19.1 Å². The highest BCUT2D eigenvalue weighted by Crippen LogP contribution is 2.28. The number of nitrogens with one attached hydrogen (secondary N) is 1. The van der Waals surface area contributed by atoms with Crippen LogP contribution in [-0.4, -0.2) is 46.5 Å². The fraction of sp³-hybridized carbons (Fsp3) is 0.316. The first-order valence-electron chi connectivity index (χ1n) is 9.26. The molecule has 0 aliphatic carbocycles. The van der Waals surface area contributed by atoms with Crippen LogP contribution in [0.25, 0.3) is 5.69 Å². The second kappa shape index (κ2) is 8.05. The number of hydrogen-bond acceptors (Lipinski definition) is 6. The van der Waals surface area contributed by atoms with Crippen molar-refractivity contribution in [2.45, 2.75) is 24.0 Å². The third-order valence-corrected chi connectivity index (χ3v) is 8.22. The molecule has 1 unspecified atom stereocenters. The molecule has 1 N–H and O–H groups in total. The van der Waals surface area contributed by atoms with Gasteiger partial charge in [0.1, 0.15) is 16.9 Å². The Morgan fingerprint density at radius 3 is 2.66 bits per heavy atom. The number of hydrogen-bond donors (Lipinski definition) is 1. The van der Waals surface area contributed by atoms with Crippen LogP contribution in [0.1, 0.15) is 17.7 Å². The van der Waals surface area contributed by atoms with Gasteiger partial charge in [-0.15, -0.1) is 11.3 Å². The topological polar surface area (TPSA) is 97.2 Å². The number of piperidine rings is 1. The van der Waals surface area contributed by atoms with Crippen molar-refractivity contribution >= 4 is 33.0 Å². The minimum atomic E-state index is -3.55. The molecule has 0 bridgehead atoms. The van der Waals surface area contributed by atoms with E-state index in [4.69, 9.17) is 0 Å². The normalized spacial score (nSPS) is 17.9. The maximum absolute atomic E-state index is 12.9. The summed E-state index contributed by atoms with van der Waals surface area (Å²) in [5, 5.41) is 6.96. The summed E-state index contributed by atoms with van der Waals surface area (Å²) in [5.74, 6) is -0.546. The number of carbonyl (C=O) groups is 1. The Morgan fingerprint density at radius 1 is 1.21 bits per heavy atom. The molecule has 10 heteroatoms. The van der Waals surface area contributed by atoms with E-state index in [1.165, 1.54) is 22.0 Å². The lowest BCUT2D eigenvalue weighted by atomic mass is 9.98. The van der Waals surface area contributed by atoms with Crippen LogP contribution in [0.4, 0.5) is 5.69 Å². The molecule has 1 fully saturated rings. The molecule has 1 amide bonds. The number of benzene rings is 1. The minimum Gasteiger partial charge on any atom is -0.326 e. The van der Waals surface area contributed by atoms with Crippen molar-refractivity contribution in [3.05, 3.63) is 53.9 Å². The molecule has 2 aromatic heterocycles. The number of nitrogens with zero attached hydrogens (tertiary/aromatic N) is 4. The fourth-order valence-electron chi connectivity index (χ4n) is 3.34. The van der Waals surface area contributed by atoms with Gasteiger partial charge in [-0.05, 0) is 56.2 Å². The molecule has 8 nitrogen and oxygen atoms in total. The summed E-state index contributed by atoms with van der Waals surface area (Å²) in [6.07, 6.45) is 4.38. The lowest BCUT2D eigenvalue weighted by Crippen LogP contribution is -2.43. The van der Waals surface area contributed by atoms with E-state index in [1.54, 1.807) is 35.3 Å². The van der Waals surface area contributed by atoms with Crippen molar-refractivity contribution in [3.63, 3.8) is 0 Å². The van der Waals surface area contributed by atoms with Gasteiger partial charge in [0, 0.05) is 23.7 Å². The van der Waals surface area contributed by atoms with Crippen LogP contribution in [-0.2, 0) is 14.8 Å². The molecular formula is C19H21N5O3S2. The highest BCUT2D eigenvalue weighted by atomic mass is 32.2. The molecule has 1 aromatic carbocycles. The summed E-state index contributed by atoms with van der Waals surface area (Å²) >= 11 is 1.26. The number of amides is 1. The average Bonchev–Trinajstić information content (AvgIpc) is 3.41. The molecular weight excluding hydrogens is 410 g/mol. The van der Waals surface area contributed by atoms with Crippen molar-refractivity contribution in [3.8, 4) is 5.69 Å². The average molecular weight is 432 g/mol. The largest absolute Gasteiger partial charge is 0.326 e. The Balaban J connectivity index is 1.42. The second-order valence-electron chi connectivity index (χ2n) is 6.94. The van der Waals surface area contributed by atoms with Crippen LogP contribution < -0.4 is 5.32 Å². The molecule has 4 rings (SSSR count). The van der Waals surface area contributed by atoms with Gasteiger partial charge in [0.2, 0.25) is 5.91 Å². The van der Waals surface area contributed by atoms with Gasteiger partial charge in [0.05, 0.1) is 11.6 Å². The molecule has 0 spiro atoms. The van der Waals surface area contributed by atoms with E-state index < -0.39 is 10.0 Å². The Kier molecular flexibility index (Phi) is 5.48. The number of rotatable bonds is 5. The summed E-state index contributed by atoms with van der Waals surface area (Å²) in [6, 6.07) is 10.7. The van der Waals surface area contributed by atoms with Gasteiger partial charge in [-0.2, -0.15) is 9.40 Å². The zero-order valence-electron chi connectivity index (χ0n) is 15.9. The lowest BCUT2D eigenvalue weighted by Gasteiger charge is -2.30. The van der Waals surface area contributed by atoms with Crippen molar-refractivity contribution < 1.29 is 13.2 Å². The van der Waals surface area contributed by atoms with E-state index in [2.05, 4.69) is 15.4 Å². The maximum atomic E-state index is 12.9. The number of aromatic nitrogens is 3. The highest BCUT2D eigenvalue weighted by molar-refractivity contribution is 7.91. The summed E-state index contributed by atoms with van der Waals surface area (Å²) in [6.45, 7) is 2.52. The predicted octanol–water partition coefficient (Wildman–Crippen LogP) is 2.68. The molecule has 0 saturated carbocycles. The van der Waals surface area contributed by atoms with Crippen LogP contribution in [0.2, 0.25) is 0 Å². The Bertz CT molecular complexity index is 1090. The lowest BCUT2D eigenvalue weighted by molar-refractivity contribution is -0.120. The molecule has 3 aromatic rings. The standard InChI is InChI=1S/C19H21N5O3S2/c1-14-4-9-18(28-14)29(26,27)23-10-2-3-15(11-23)19(25)22-16-5-7-17(8-6-16)24-13-20-12-21-24/h4-9,12-13,15H,2-3,10-11H2,1H3,(H,22,25). The van der Waals surface area contributed by atoms with E-state index >= 15 is 0 Å². The maximum Gasteiger partial charge on any atom is 0.252 e. The monoisotopic (exact) mass is 431 g/mol. The first-order valence-corrected chi connectivity index (χ1v) is 11.5. The summed E-state index contributed by atoms with van der Waals surface area (Å²) in [5.41, 5.74) is 1.49. The molecule has 0 radical (unpaired) electrons. The van der Waals surface area contributed by atoms with E-state index in [0.717, 1.165) is 10.6 Å². The molecule has 29 heavy (non-hydrogen) atoms. The van der Waals surface area contributed by atoms with Crippen LogP contribution >= 0.6 is 11.3 Å². The van der Waals surface area contributed by atoms with Gasteiger partial charge < -0.3 is 5.32 Å². The number of aryl methyl sites for hydroxylation is 1. The van der Waals surface area contributed by atoms with E-state index in [9.17, 15) is 13.2 Å². The third kappa shape index (κ3) is 4.24. The number of thiophene rings is 1. The molecule has 3 heterocycles. The minimum absolute atomic E-state index is 0.166. The van der Waals surface area contributed by atoms with Crippen LogP contribution in [0.5, 0.6) is 0 Å². The molecule has 1 saturated heterocycles. The predicted molar refractivity (Wildman–Crippen MR) is 111 cm³/mol. The number of anilines is 1. The first-order chi connectivity index (χ1) is 13.9. The van der Waals surface area contributed by atoms with Crippen LogP contribution in [0, 0.1) is 12.8 Å². The molecule has 1 atom stereocenters. The van der Waals surface area contributed by atoms with Crippen molar-refractivity contribution in [2.24, 2.45) is 5.92 Å². The van der Waals surface area contributed by atoms with Gasteiger partial charge in [0.25, 0.3) is 10.0 Å². The number of carbonyl (C=O) groups excluding carboxylic acids is 1. The number of sulfonamides is 1. The Morgan fingerprint density at radius 2 is 2.00 bits per heavy atom. The molecule has 1 aliphatic rings. The van der Waals surface area contributed by atoms with Gasteiger partial charge in [-0.3, -0.25) is 4.79 Å². The first kappa shape index (κ1) is 19.7. The van der Waals surface area contributed by atoms with Crippen molar-refractivity contribution in [1.29, 1.82) is 0 Å². The summed E-state index contributed by atoms with van der Waals surface area (Å²) in [7, 11) is -3.55. The van der Waals surface area contributed by atoms with Crippen molar-refractivity contribution in [2.75, 3.05) is 18.4 Å². The summed E-state index contributed by atoms with van der Waals surface area (Å²) in [4.78, 5) is 17.6. The smallest absolute Gasteiger partial charge is 0.252 e.